The monoisotopic (exact) mass is 395 g/mol. The van der Waals surface area contributed by atoms with Crippen molar-refractivity contribution in [2.24, 2.45) is 0 Å². The molecule has 1 N–H and O–H groups in total. The van der Waals surface area contributed by atoms with E-state index in [9.17, 15) is 23.3 Å². The Hall–Kier alpha value is -2.16. The van der Waals surface area contributed by atoms with Crippen LogP contribution < -0.4 is 5.32 Å². The van der Waals surface area contributed by atoms with E-state index in [1.165, 1.54) is 17.4 Å². The van der Waals surface area contributed by atoms with Crippen molar-refractivity contribution >= 4 is 27.1 Å². The van der Waals surface area contributed by atoms with Gasteiger partial charge in [0, 0.05) is 30.8 Å². The second-order valence-electron chi connectivity index (χ2n) is 7.44. The lowest BCUT2D eigenvalue weighted by Gasteiger charge is -2.25. The molecule has 3 rings (SSSR count). The molecule has 1 unspecified atom stereocenters. The summed E-state index contributed by atoms with van der Waals surface area (Å²) in [6.07, 6.45) is 5.77. The van der Waals surface area contributed by atoms with Gasteiger partial charge in [-0.25, -0.2) is 8.42 Å². The van der Waals surface area contributed by atoms with E-state index >= 15 is 0 Å². The Morgan fingerprint density at radius 2 is 1.93 bits per heavy atom. The molecule has 1 saturated carbocycles. The van der Waals surface area contributed by atoms with Gasteiger partial charge in [0.1, 0.15) is 5.69 Å². The van der Waals surface area contributed by atoms with E-state index in [4.69, 9.17) is 0 Å². The van der Waals surface area contributed by atoms with Crippen LogP contribution in [0.3, 0.4) is 0 Å². The van der Waals surface area contributed by atoms with Crippen molar-refractivity contribution in [1.29, 1.82) is 0 Å². The molecule has 9 heteroatoms. The number of benzene rings is 1. The van der Waals surface area contributed by atoms with Gasteiger partial charge in [-0.1, -0.05) is 19.3 Å². The summed E-state index contributed by atoms with van der Waals surface area (Å²) in [5.74, 6) is -0.386. The maximum Gasteiger partial charge on any atom is 0.293 e. The van der Waals surface area contributed by atoms with Gasteiger partial charge in [0.25, 0.3) is 11.6 Å². The van der Waals surface area contributed by atoms with E-state index in [0.29, 0.717) is 12.1 Å². The highest BCUT2D eigenvalue weighted by Gasteiger charge is 2.33. The first-order chi connectivity index (χ1) is 12.8. The summed E-state index contributed by atoms with van der Waals surface area (Å²) in [5, 5.41) is 14.8. The molecule has 0 bridgehead atoms. The third-order valence-corrected chi connectivity index (χ3v) is 7.23. The first-order valence-corrected chi connectivity index (χ1v) is 11.1. The minimum Gasteiger partial charge on any atom is -0.377 e. The zero-order valence-corrected chi connectivity index (χ0v) is 16.2. The van der Waals surface area contributed by atoms with Crippen molar-refractivity contribution in [2.75, 3.05) is 23.9 Å². The van der Waals surface area contributed by atoms with E-state index < -0.39 is 20.7 Å². The maximum absolute atomic E-state index is 12.7. The highest BCUT2D eigenvalue weighted by atomic mass is 32.2. The quantitative estimate of drug-likeness (QED) is 0.606. The Morgan fingerprint density at radius 1 is 1.22 bits per heavy atom. The van der Waals surface area contributed by atoms with Crippen molar-refractivity contribution in [1.82, 2.24) is 4.90 Å². The number of nitro groups is 1. The molecule has 0 aromatic heterocycles. The van der Waals surface area contributed by atoms with Crippen molar-refractivity contribution < 1.29 is 18.1 Å². The van der Waals surface area contributed by atoms with Crippen LogP contribution in [0.5, 0.6) is 0 Å². The number of nitro benzene ring substituents is 1. The fourth-order valence-electron chi connectivity index (χ4n) is 3.85. The Balaban J connectivity index is 1.78. The Kier molecular flexibility index (Phi) is 5.69. The summed E-state index contributed by atoms with van der Waals surface area (Å²) < 4.78 is 23.3. The van der Waals surface area contributed by atoms with Gasteiger partial charge in [-0.05, 0) is 31.4 Å². The smallest absolute Gasteiger partial charge is 0.293 e. The molecule has 2 aliphatic rings. The molecule has 1 aliphatic heterocycles. The van der Waals surface area contributed by atoms with Crippen LogP contribution in [0.15, 0.2) is 18.2 Å². The topological polar surface area (TPSA) is 110 Å². The molecular weight excluding hydrogens is 370 g/mol. The van der Waals surface area contributed by atoms with E-state index in [2.05, 4.69) is 5.32 Å². The lowest BCUT2D eigenvalue weighted by Crippen LogP contribution is -2.37. The second kappa shape index (κ2) is 7.84. The zero-order valence-electron chi connectivity index (χ0n) is 15.4. The standard InChI is InChI=1S/C18H25N3O5S/c1-20(15-9-10-27(25,26)12-15)18(22)13-7-8-16(17(11-13)21(23)24)19-14-5-3-2-4-6-14/h7-8,11,14-15,19H,2-6,9-10,12H2,1H3. The van der Waals surface area contributed by atoms with Crippen LogP contribution in [0.1, 0.15) is 48.9 Å². The molecule has 0 radical (unpaired) electrons. The molecule has 2 fully saturated rings. The number of carbonyl (C=O) groups excluding carboxylic acids is 1. The normalized spacial score (nSPS) is 22.3. The van der Waals surface area contributed by atoms with Crippen LogP contribution in [0.2, 0.25) is 0 Å². The van der Waals surface area contributed by atoms with Crippen molar-refractivity contribution in [2.45, 2.75) is 50.6 Å². The number of rotatable bonds is 5. The van der Waals surface area contributed by atoms with Crippen LogP contribution >= 0.6 is 0 Å². The third-order valence-electron chi connectivity index (χ3n) is 5.48. The minimum atomic E-state index is -3.11. The highest BCUT2D eigenvalue weighted by molar-refractivity contribution is 7.91. The average molecular weight is 395 g/mol. The summed E-state index contributed by atoms with van der Waals surface area (Å²) in [6.45, 7) is 0. The Labute approximate surface area is 159 Å². The molecule has 1 amide bonds. The fraction of sp³-hybridized carbons (Fsp3) is 0.611. The summed E-state index contributed by atoms with van der Waals surface area (Å²) in [5.41, 5.74) is 0.496. The van der Waals surface area contributed by atoms with E-state index in [0.717, 1.165) is 25.7 Å². The largest absolute Gasteiger partial charge is 0.377 e. The lowest BCUT2D eigenvalue weighted by molar-refractivity contribution is -0.384. The fourth-order valence-corrected chi connectivity index (χ4v) is 5.63. The number of anilines is 1. The number of nitrogens with zero attached hydrogens (tertiary/aromatic N) is 2. The van der Waals surface area contributed by atoms with Crippen LogP contribution in [-0.4, -0.2) is 54.8 Å². The molecular formula is C18H25N3O5S. The van der Waals surface area contributed by atoms with E-state index in [1.807, 2.05) is 0 Å². The summed E-state index contributed by atoms with van der Waals surface area (Å²) in [6, 6.07) is 4.26. The van der Waals surface area contributed by atoms with Gasteiger partial charge in [-0.3, -0.25) is 14.9 Å². The van der Waals surface area contributed by atoms with Crippen molar-refractivity contribution in [3.8, 4) is 0 Å². The summed E-state index contributed by atoms with van der Waals surface area (Å²) in [7, 11) is -1.56. The van der Waals surface area contributed by atoms with E-state index in [1.54, 1.807) is 19.2 Å². The molecule has 1 aliphatic carbocycles. The minimum absolute atomic E-state index is 0.0569. The first-order valence-electron chi connectivity index (χ1n) is 9.29. The summed E-state index contributed by atoms with van der Waals surface area (Å²) in [4.78, 5) is 25.1. The van der Waals surface area contributed by atoms with Gasteiger partial charge < -0.3 is 10.2 Å². The number of sulfone groups is 1. The Morgan fingerprint density at radius 3 is 2.52 bits per heavy atom. The van der Waals surface area contributed by atoms with Crippen molar-refractivity contribution in [3.05, 3.63) is 33.9 Å². The predicted octanol–water partition coefficient (Wildman–Crippen LogP) is 2.60. The SMILES string of the molecule is CN(C(=O)c1ccc(NC2CCCCC2)c([N+](=O)[O-])c1)C1CCS(=O)(=O)C1. The van der Waals surface area contributed by atoms with Gasteiger partial charge in [-0.15, -0.1) is 0 Å². The Bertz CT molecular complexity index is 833. The molecule has 1 atom stereocenters. The predicted molar refractivity (Wildman–Crippen MR) is 103 cm³/mol. The molecule has 0 spiro atoms. The van der Waals surface area contributed by atoms with Gasteiger partial charge in [0.2, 0.25) is 0 Å². The molecule has 27 heavy (non-hydrogen) atoms. The molecule has 1 aromatic rings. The molecule has 1 heterocycles. The highest BCUT2D eigenvalue weighted by Crippen LogP contribution is 2.30. The van der Waals surface area contributed by atoms with Gasteiger partial charge in [0.15, 0.2) is 9.84 Å². The number of nitrogens with one attached hydrogen (secondary N) is 1. The molecule has 1 saturated heterocycles. The van der Waals surface area contributed by atoms with Gasteiger partial charge in [-0.2, -0.15) is 0 Å². The number of amides is 1. The molecule has 1 aromatic carbocycles. The number of hydrogen-bond donors (Lipinski definition) is 1. The van der Waals surface area contributed by atoms with Crippen LogP contribution in [0.4, 0.5) is 11.4 Å². The van der Waals surface area contributed by atoms with Crippen molar-refractivity contribution in [3.63, 3.8) is 0 Å². The number of carbonyl (C=O) groups is 1. The van der Waals surface area contributed by atoms with Gasteiger partial charge in [0.05, 0.1) is 16.4 Å². The molecule has 8 nitrogen and oxygen atoms in total. The first kappa shape index (κ1) is 19.6. The number of hydrogen-bond acceptors (Lipinski definition) is 6. The molecule has 148 valence electrons. The maximum atomic E-state index is 12.7. The van der Waals surface area contributed by atoms with E-state index in [-0.39, 0.29) is 34.8 Å². The lowest BCUT2D eigenvalue weighted by atomic mass is 9.95. The van der Waals surface area contributed by atoms with Crippen LogP contribution in [0.25, 0.3) is 0 Å². The van der Waals surface area contributed by atoms with Gasteiger partial charge >= 0.3 is 0 Å². The second-order valence-corrected chi connectivity index (χ2v) is 9.67. The zero-order chi connectivity index (χ0) is 19.6. The third kappa shape index (κ3) is 4.58. The summed E-state index contributed by atoms with van der Waals surface area (Å²) >= 11 is 0. The van der Waals surface area contributed by atoms with Crippen LogP contribution in [-0.2, 0) is 9.84 Å². The average Bonchev–Trinajstić information content (AvgIpc) is 3.01. The van der Waals surface area contributed by atoms with Crippen LogP contribution in [0, 0.1) is 10.1 Å².